The predicted molar refractivity (Wildman–Crippen MR) is 85.7 cm³/mol. The largest absolute Gasteiger partial charge is 0.490 e. The predicted octanol–water partition coefficient (Wildman–Crippen LogP) is 3.40. The number of hydrogen-bond acceptors (Lipinski definition) is 4. The number of methoxy groups -OCH3 is 1. The summed E-state index contributed by atoms with van der Waals surface area (Å²) in [5.41, 5.74) is 0.269. The third-order valence-electron chi connectivity index (χ3n) is 4.88. The van der Waals surface area contributed by atoms with E-state index in [0.717, 1.165) is 19.4 Å². The molecule has 1 saturated carbocycles. The first-order valence-electron chi connectivity index (χ1n) is 8.00. The van der Waals surface area contributed by atoms with E-state index >= 15 is 0 Å². The number of ether oxygens (including phenoxy) is 1. The minimum absolute atomic E-state index is 0.150. The van der Waals surface area contributed by atoms with Crippen LogP contribution in [0.25, 0.3) is 0 Å². The summed E-state index contributed by atoms with van der Waals surface area (Å²) in [6.07, 6.45) is 5.65. The van der Waals surface area contributed by atoms with Crippen molar-refractivity contribution in [1.82, 2.24) is 4.90 Å². The Morgan fingerprint density at radius 1 is 1.35 bits per heavy atom. The third kappa shape index (κ3) is 3.09. The molecule has 7 nitrogen and oxygen atoms in total. The van der Waals surface area contributed by atoms with Crippen LogP contribution in [-0.4, -0.2) is 35.6 Å². The zero-order valence-corrected chi connectivity index (χ0v) is 13.2. The maximum absolute atomic E-state index is 12.6. The second-order valence-electron chi connectivity index (χ2n) is 6.17. The van der Waals surface area contributed by atoms with Crippen LogP contribution in [0.4, 0.5) is 16.2 Å². The number of urea groups is 1. The lowest BCUT2D eigenvalue weighted by molar-refractivity contribution is -0.385. The Kier molecular flexibility index (Phi) is 4.36. The Balaban J connectivity index is 1.75. The number of carbonyl (C=O) groups is 1. The van der Waals surface area contributed by atoms with Gasteiger partial charge in [0.25, 0.3) is 0 Å². The van der Waals surface area contributed by atoms with Crippen molar-refractivity contribution in [3.8, 4) is 5.75 Å². The standard InChI is InChI=1S/C16H21N3O4/c1-23-15-8-7-12(10-14(15)19(21)22)17-16(20)18-9-3-5-11-4-2-6-13(11)18/h7-8,10-11,13H,2-6,9H2,1H3,(H,17,20). The summed E-state index contributed by atoms with van der Waals surface area (Å²) in [5.74, 6) is 0.793. The normalized spacial score (nSPS) is 23.3. The summed E-state index contributed by atoms with van der Waals surface area (Å²) >= 11 is 0. The number of likely N-dealkylation sites (tertiary alicyclic amines) is 1. The molecule has 1 aromatic carbocycles. The number of anilines is 1. The second kappa shape index (κ2) is 6.44. The van der Waals surface area contributed by atoms with Crippen LogP contribution in [0.1, 0.15) is 32.1 Å². The van der Waals surface area contributed by atoms with Gasteiger partial charge >= 0.3 is 11.7 Å². The van der Waals surface area contributed by atoms with Crippen LogP contribution in [0.5, 0.6) is 5.75 Å². The molecule has 2 fully saturated rings. The SMILES string of the molecule is COc1ccc(NC(=O)N2CCCC3CCCC32)cc1[N+](=O)[O-]. The molecule has 2 unspecified atom stereocenters. The maximum atomic E-state index is 12.6. The number of nitro benzene ring substituents is 1. The fourth-order valence-electron chi connectivity index (χ4n) is 3.81. The van der Waals surface area contributed by atoms with Crippen LogP contribution in [-0.2, 0) is 0 Å². The molecule has 2 amide bonds. The molecule has 124 valence electrons. The molecule has 7 heteroatoms. The van der Waals surface area contributed by atoms with Crippen molar-refractivity contribution in [1.29, 1.82) is 0 Å². The van der Waals surface area contributed by atoms with Crippen molar-refractivity contribution in [3.63, 3.8) is 0 Å². The fraction of sp³-hybridized carbons (Fsp3) is 0.562. The van der Waals surface area contributed by atoms with E-state index in [2.05, 4.69) is 5.32 Å². The van der Waals surface area contributed by atoms with Gasteiger partial charge in [-0.1, -0.05) is 6.42 Å². The number of amides is 2. The van der Waals surface area contributed by atoms with E-state index in [-0.39, 0.29) is 17.5 Å². The van der Waals surface area contributed by atoms with E-state index < -0.39 is 4.92 Å². The fourth-order valence-corrected chi connectivity index (χ4v) is 3.81. The molecule has 23 heavy (non-hydrogen) atoms. The summed E-state index contributed by atoms with van der Waals surface area (Å²) in [5, 5.41) is 13.9. The van der Waals surface area contributed by atoms with Crippen LogP contribution >= 0.6 is 0 Å². The summed E-state index contributed by atoms with van der Waals surface area (Å²) in [7, 11) is 1.38. The maximum Gasteiger partial charge on any atom is 0.322 e. The molecule has 1 aliphatic heterocycles. The van der Waals surface area contributed by atoms with E-state index in [9.17, 15) is 14.9 Å². The summed E-state index contributed by atoms with van der Waals surface area (Å²) in [6.45, 7) is 0.755. The van der Waals surface area contributed by atoms with Gasteiger partial charge in [-0.25, -0.2) is 4.79 Å². The number of nitrogens with zero attached hydrogens (tertiary/aromatic N) is 2. The lowest BCUT2D eigenvalue weighted by atomic mass is 9.92. The second-order valence-corrected chi connectivity index (χ2v) is 6.17. The van der Waals surface area contributed by atoms with Gasteiger partial charge in [0.2, 0.25) is 0 Å². The quantitative estimate of drug-likeness (QED) is 0.683. The van der Waals surface area contributed by atoms with Crippen molar-refractivity contribution >= 4 is 17.4 Å². The van der Waals surface area contributed by atoms with Crippen molar-refractivity contribution in [3.05, 3.63) is 28.3 Å². The Morgan fingerprint density at radius 2 is 2.13 bits per heavy atom. The van der Waals surface area contributed by atoms with E-state index in [4.69, 9.17) is 4.74 Å². The van der Waals surface area contributed by atoms with Gasteiger partial charge in [-0.15, -0.1) is 0 Å². The summed E-state index contributed by atoms with van der Waals surface area (Å²) in [4.78, 5) is 25.0. The zero-order valence-electron chi connectivity index (χ0n) is 13.2. The molecule has 0 bridgehead atoms. The molecule has 2 aliphatic rings. The van der Waals surface area contributed by atoms with Crippen LogP contribution < -0.4 is 10.1 Å². The van der Waals surface area contributed by atoms with E-state index in [1.54, 1.807) is 6.07 Å². The van der Waals surface area contributed by atoms with E-state index in [1.165, 1.54) is 38.5 Å². The summed E-state index contributed by atoms with van der Waals surface area (Å²) < 4.78 is 4.97. The number of benzene rings is 1. The number of hydrogen-bond donors (Lipinski definition) is 1. The minimum Gasteiger partial charge on any atom is -0.490 e. The van der Waals surface area contributed by atoms with Gasteiger partial charge in [0.15, 0.2) is 5.75 Å². The molecule has 1 aromatic rings. The monoisotopic (exact) mass is 319 g/mol. The number of nitro groups is 1. The van der Waals surface area contributed by atoms with Gasteiger partial charge in [-0.05, 0) is 43.7 Å². The van der Waals surface area contributed by atoms with Crippen molar-refractivity contribution in [2.45, 2.75) is 38.1 Å². The smallest absolute Gasteiger partial charge is 0.322 e. The van der Waals surface area contributed by atoms with Gasteiger partial charge in [-0.3, -0.25) is 10.1 Å². The lowest BCUT2D eigenvalue weighted by Crippen LogP contribution is -2.48. The molecule has 2 atom stereocenters. The first-order chi connectivity index (χ1) is 11.1. The van der Waals surface area contributed by atoms with E-state index in [1.807, 2.05) is 4.90 Å². The molecule has 0 spiro atoms. The van der Waals surface area contributed by atoms with Crippen molar-refractivity contribution in [2.24, 2.45) is 5.92 Å². The van der Waals surface area contributed by atoms with Crippen LogP contribution in [0.2, 0.25) is 0 Å². The average molecular weight is 319 g/mol. The Hall–Kier alpha value is -2.31. The van der Waals surface area contributed by atoms with Crippen molar-refractivity contribution < 1.29 is 14.5 Å². The Morgan fingerprint density at radius 3 is 2.87 bits per heavy atom. The van der Waals surface area contributed by atoms with Crippen LogP contribution in [0.15, 0.2) is 18.2 Å². The van der Waals surface area contributed by atoms with Gasteiger partial charge in [0.05, 0.1) is 12.0 Å². The highest BCUT2D eigenvalue weighted by atomic mass is 16.6. The van der Waals surface area contributed by atoms with Gasteiger partial charge in [0.1, 0.15) is 0 Å². The molecule has 1 saturated heterocycles. The van der Waals surface area contributed by atoms with Gasteiger partial charge < -0.3 is 15.0 Å². The van der Waals surface area contributed by atoms with Gasteiger partial charge in [0, 0.05) is 24.3 Å². The molecule has 3 rings (SSSR count). The highest BCUT2D eigenvalue weighted by molar-refractivity contribution is 5.90. The zero-order chi connectivity index (χ0) is 16.4. The van der Waals surface area contributed by atoms with Crippen LogP contribution in [0, 0.1) is 16.0 Å². The van der Waals surface area contributed by atoms with Crippen molar-refractivity contribution in [2.75, 3.05) is 19.0 Å². The van der Waals surface area contributed by atoms with E-state index in [0.29, 0.717) is 17.6 Å². The lowest BCUT2D eigenvalue weighted by Gasteiger charge is -2.37. The minimum atomic E-state index is -0.512. The number of carbonyl (C=O) groups excluding carboxylic acids is 1. The molecule has 1 N–H and O–H groups in total. The molecular formula is C16H21N3O4. The highest BCUT2D eigenvalue weighted by Gasteiger charge is 2.37. The highest BCUT2D eigenvalue weighted by Crippen LogP contribution is 2.37. The first-order valence-corrected chi connectivity index (χ1v) is 8.00. The molecule has 1 aliphatic carbocycles. The number of nitrogens with one attached hydrogen (secondary N) is 1. The van der Waals surface area contributed by atoms with Gasteiger partial charge in [-0.2, -0.15) is 0 Å². The summed E-state index contributed by atoms with van der Waals surface area (Å²) in [6, 6.07) is 4.62. The molecule has 1 heterocycles. The Bertz CT molecular complexity index is 619. The topological polar surface area (TPSA) is 84.7 Å². The number of piperidine rings is 1. The molecule has 0 aromatic heterocycles. The first kappa shape index (κ1) is 15.6. The third-order valence-corrected chi connectivity index (χ3v) is 4.88. The average Bonchev–Trinajstić information content (AvgIpc) is 3.03. The Labute approximate surface area is 134 Å². The molecule has 0 radical (unpaired) electrons. The number of rotatable bonds is 3. The number of fused-ring (bicyclic) bond motifs is 1. The molecular weight excluding hydrogens is 298 g/mol. The van der Waals surface area contributed by atoms with Crippen LogP contribution in [0.3, 0.4) is 0 Å².